The van der Waals surface area contributed by atoms with Crippen molar-refractivity contribution in [2.45, 2.75) is 13.5 Å². The van der Waals surface area contributed by atoms with Crippen molar-refractivity contribution in [1.29, 1.82) is 0 Å². The molecule has 0 amide bonds. The molecule has 0 aliphatic carbocycles. The van der Waals surface area contributed by atoms with Crippen molar-refractivity contribution < 1.29 is 14.3 Å². The number of carbonyl (C=O) groups is 1. The summed E-state index contributed by atoms with van der Waals surface area (Å²) in [6, 6.07) is 0. The lowest BCUT2D eigenvalue weighted by Gasteiger charge is -2.06. The van der Waals surface area contributed by atoms with Gasteiger partial charge in [-0.15, -0.1) is 0 Å². The number of imidazole rings is 1. The number of hydrogen-bond donors (Lipinski definition) is 1. The Morgan fingerprint density at radius 3 is 2.94 bits per heavy atom. The third-order valence-electron chi connectivity index (χ3n) is 2.08. The molecule has 0 saturated carbocycles. The van der Waals surface area contributed by atoms with E-state index in [1.807, 2.05) is 6.92 Å². The molecule has 17 heavy (non-hydrogen) atoms. The third kappa shape index (κ3) is 3.60. The average molecular weight is 239 g/mol. The van der Waals surface area contributed by atoms with Crippen molar-refractivity contribution in [3.8, 4) is 0 Å². The maximum absolute atomic E-state index is 11.2. The quantitative estimate of drug-likeness (QED) is 0.452. The molecule has 6 heteroatoms. The van der Waals surface area contributed by atoms with Crippen LogP contribution < -0.4 is 5.73 Å². The minimum atomic E-state index is -0.538. The van der Waals surface area contributed by atoms with Gasteiger partial charge in [-0.25, -0.2) is 9.78 Å². The number of esters is 1. The molecular weight excluding hydrogens is 222 g/mol. The van der Waals surface area contributed by atoms with Crippen molar-refractivity contribution in [2.24, 2.45) is 0 Å². The van der Waals surface area contributed by atoms with E-state index in [0.717, 1.165) is 5.57 Å². The molecule has 1 aromatic heterocycles. The van der Waals surface area contributed by atoms with Gasteiger partial charge in [0.25, 0.3) is 0 Å². The smallest absolute Gasteiger partial charge is 0.360 e. The van der Waals surface area contributed by atoms with Crippen molar-refractivity contribution in [2.75, 3.05) is 26.1 Å². The van der Waals surface area contributed by atoms with Gasteiger partial charge in [0.05, 0.1) is 26.7 Å². The van der Waals surface area contributed by atoms with Gasteiger partial charge in [-0.2, -0.15) is 0 Å². The van der Waals surface area contributed by atoms with Crippen LogP contribution in [0.15, 0.2) is 18.5 Å². The minimum Gasteiger partial charge on any atom is -0.464 e. The van der Waals surface area contributed by atoms with Crippen LogP contribution in [-0.4, -0.2) is 35.8 Å². The van der Waals surface area contributed by atoms with Crippen LogP contribution in [0.2, 0.25) is 0 Å². The predicted molar refractivity (Wildman–Crippen MR) is 63.6 cm³/mol. The highest BCUT2D eigenvalue weighted by Crippen LogP contribution is 2.10. The Kier molecular flexibility index (Phi) is 4.71. The number of rotatable bonds is 6. The molecule has 0 fully saturated rings. The number of hydrogen-bond acceptors (Lipinski definition) is 5. The fraction of sp³-hybridized carbons (Fsp3) is 0.455. The largest absolute Gasteiger partial charge is 0.464 e. The predicted octanol–water partition coefficient (Wildman–Crippen LogP) is 0.845. The Hall–Kier alpha value is -1.82. The Morgan fingerprint density at radius 1 is 1.65 bits per heavy atom. The van der Waals surface area contributed by atoms with E-state index >= 15 is 0 Å². The first-order valence-corrected chi connectivity index (χ1v) is 5.17. The van der Waals surface area contributed by atoms with Gasteiger partial charge in [-0.3, -0.25) is 0 Å². The van der Waals surface area contributed by atoms with Gasteiger partial charge in [0, 0.05) is 6.54 Å². The maximum atomic E-state index is 11.2. The monoisotopic (exact) mass is 239 g/mol. The number of nitrogens with two attached hydrogens (primary N) is 1. The lowest BCUT2D eigenvalue weighted by molar-refractivity contribution is 0.0596. The molecule has 0 bridgehead atoms. The molecule has 0 saturated heterocycles. The Labute approximate surface area is 100 Å². The fourth-order valence-corrected chi connectivity index (χ4v) is 1.23. The standard InChI is InChI=1S/C11H17N3O3/c1-8(2)6-17-5-4-14-7-13-9(10(14)12)11(15)16-3/h7H,1,4-6,12H2,2-3H3. The van der Waals surface area contributed by atoms with Gasteiger partial charge in [0.2, 0.25) is 0 Å². The molecule has 0 atom stereocenters. The molecule has 1 aromatic rings. The summed E-state index contributed by atoms with van der Waals surface area (Å²) in [5, 5.41) is 0. The van der Waals surface area contributed by atoms with E-state index in [4.69, 9.17) is 10.5 Å². The number of ether oxygens (including phenoxy) is 2. The first-order chi connectivity index (χ1) is 8.06. The molecule has 1 heterocycles. The molecule has 2 N–H and O–H groups in total. The highest BCUT2D eigenvalue weighted by molar-refractivity contribution is 5.91. The zero-order valence-corrected chi connectivity index (χ0v) is 10.1. The molecule has 6 nitrogen and oxygen atoms in total. The molecule has 0 radical (unpaired) electrons. The highest BCUT2D eigenvalue weighted by Gasteiger charge is 2.15. The third-order valence-corrected chi connectivity index (χ3v) is 2.08. The van der Waals surface area contributed by atoms with E-state index in [2.05, 4.69) is 16.3 Å². The first kappa shape index (κ1) is 13.2. The van der Waals surface area contributed by atoms with Crippen LogP contribution in [0, 0.1) is 0 Å². The molecule has 94 valence electrons. The minimum absolute atomic E-state index is 0.132. The summed E-state index contributed by atoms with van der Waals surface area (Å²) in [5.41, 5.74) is 6.84. The number of aromatic nitrogens is 2. The highest BCUT2D eigenvalue weighted by atomic mass is 16.5. The first-order valence-electron chi connectivity index (χ1n) is 5.17. The summed E-state index contributed by atoms with van der Waals surface area (Å²) < 4.78 is 11.5. The number of nitrogens with zero attached hydrogens (tertiary/aromatic N) is 2. The Morgan fingerprint density at radius 2 is 2.35 bits per heavy atom. The van der Waals surface area contributed by atoms with Crippen LogP contribution in [0.1, 0.15) is 17.4 Å². The molecular formula is C11H17N3O3. The second kappa shape index (κ2) is 6.05. The van der Waals surface area contributed by atoms with E-state index in [1.165, 1.54) is 13.4 Å². The Bertz CT molecular complexity index is 412. The van der Waals surface area contributed by atoms with Gasteiger partial charge < -0.3 is 19.8 Å². The molecule has 1 rings (SSSR count). The van der Waals surface area contributed by atoms with E-state index < -0.39 is 5.97 Å². The van der Waals surface area contributed by atoms with Crippen LogP contribution >= 0.6 is 0 Å². The zero-order chi connectivity index (χ0) is 12.8. The van der Waals surface area contributed by atoms with Crippen LogP contribution in [0.25, 0.3) is 0 Å². The fourth-order valence-electron chi connectivity index (χ4n) is 1.23. The molecule has 0 unspecified atom stereocenters. The van der Waals surface area contributed by atoms with Crippen molar-refractivity contribution in [3.05, 3.63) is 24.2 Å². The van der Waals surface area contributed by atoms with Crippen LogP contribution in [0.3, 0.4) is 0 Å². The van der Waals surface area contributed by atoms with Gasteiger partial charge in [0.15, 0.2) is 5.69 Å². The lowest BCUT2D eigenvalue weighted by atomic mass is 10.4. The average Bonchev–Trinajstić information content (AvgIpc) is 2.65. The molecule has 0 aliphatic heterocycles. The van der Waals surface area contributed by atoms with Crippen LogP contribution in [0.5, 0.6) is 0 Å². The summed E-state index contributed by atoms with van der Waals surface area (Å²) >= 11 is 0. The number of carbonyl (C=O) groups excluding carboxylic acids is 1. The van der Waals surface area contributed by atoms with Gasteiger partial charge >= 0.3 is 5.97 Å². The van der Waals surface area contributed by atoms with Crippen molar-refractivity contribution in [3.63, 3.8) is 0 Å². The van der Waals surface area contributed by atoms with Crippen LogP contribution in [0.4, 0.5) is 5.82 Å². The van der Waals surface area contributed by atoms with Crippen molar-refractivity contribution in [1.82, 2.24) is 9.55 Å². The lowest BCUT2D eigenvalue weighted by Crippen LogP contribution is -2.11. The topological polar surface area (TPSA) is 79.4 Å². The second-order valence-electron chi connectivity index (χ2n) is 3.67. The summed E-state index contributed by atoms with van der Waals surface area (Å²) in [6.07, 6.45) is 1.49. The maximum Gasteiger partial charge on any atom is 0.360 e. The summed E-state index contributed by atoms with van der Waals surface area (Å²) in [5.74, 6) is -0.250. The van der Waals surface area contributed by atoms with Crippen molar-refractivity contribution >= 4 is 11.8 Å². The Balaban J connectivity index is 2.52. The van der Waals surface area contributed by atoms with Crippen LogP contribution in [-0.2, 0) is 16.0 Å². The van der Waals surface area contributed by atoms with Gasteiger partial charge in [-0.05, 0) is 6.92 Å². The van der Waals surface area contributed by atoms with Gasteiger partial charge in [0.1, 0.15) is 5.82 Å². The summed E-state index contributed by atoms with van der Waals surface area (Å²) in [4.78, 5) is 15.1. The summed E-state index contributed by atoms with van der Waals surface area (Å²) in [7, 11) is 1.29. The zero-order valence-electron chi connectivity index (χ0n) is 10.1. The number of anilines is 1. The molecule has 0 aromatic carbocycles. The molecule has 0 spiro atoms. The molecule has 0 aliphatic rings. The second-order valence-corrected chi connectivity index (χ2v) is 3.67. The van der Waals surface area contributed by atoms with E-state index in [-0.39, 0.29) is 11.5 Å². The number of methoxy groups -OCH3 is 1. The number of nitrogen functional groups attached to an aromatic ring is 1. The summed E-state index contributed by atoms with van der Waals surface area (Å²) in [6.45, 7) is 7.14. The van der Waals surface area contributed by atoms with E-state index in [0.29, 0.717) is 19.8 Å². The van der Waals surface area contributed by atoms with E-state index in [9.17, 15) is 4.79 Å². The van der Waals surface area contributed by atoms with Gasteiger partial charge in [-0.1, -0.05) is 12.2 Å². The normalized spacial score (nSPS) is 10.2. The van der Waals surface area contributed by atoms with E-state index in [1.54, 1.807) is 4.57 Å². The SMILES string of the molecule is C=C(C)COCCn1cnc(C(=O)OC)c1N.